The zero-order valence-electron chi connectivity index (χ0n) is 7.11. The molecule has 70 valence electrons. The van der Waals surface area contributed by atoms with E-state index in [1.165, 1.54) is 0 Å². The molecule has 4 heteroatoms. The van der Waals surface area contributed by atoms with Gasteiger partial charge in [0.25, 0.3) is 0 Å². The molecule has 1 aromatic heterocycles. The van der Waals surface area contributed by atoms with Crippen molar-refractivity contribution in [2.45, 2.75) is 0 Å². The minimum absolute atomic E-state index is 0.699. The molecule has 1 aromatic carbocycles. The molecule has 2 rings (SSSR count). The van der Waals surface area contributed by atoms with Gasteiger partial charge < -0.3 is 0 Å². The van der Waals surface area contributed by atoms with Gasteiger partial charge in [0.1, 0.15) is 0 Å². The summed E-state index contributed by atoms with van der Waals surface area (Å²) in [7, 11) is 0. The minimum Gasteiger partial charge on any atom is -0.261 e. The van der Waals surface area contributed by atoms with Gasteiger partial charge in [-0.25, -0.2) is 0 Å². The first-order valence-corrected chi connectivity index (χ1v) is 5.16. The molecule has 0 bridgehead atoms. The average molecular weight is 270 g/mol. The summed E-state index contributed by atoms with van der Waals surface area (Å²) in [6.07, 6.45) is 5.03. The number of nitrogens with zero attached hydrogens (tertiary/aromatic N) is 2. The highest BCUT2D eigenvalue weighted by molar-refractivity contribution is 9.10. The Labute approximate surface area is 95.1 Å². The molecule has 0 aliphatic carbocycles. The van der Waals surface area contributed by atoms with Crippen LogP contribution in [0.3, 0.4) is 0 Å². The molecule has 0 unspecified atom stereocenters. The molecule has 0 aliphatic heterocycles. The lowest BCUT2D eigenvalue weighted by atomic mass is 10.2. The molecule has 0 saturated heterocycles. The monoisotopic (exact) mass is 268 g/mol. The van der Waals surface area contributed by atoms with Gasteiger partial charge in [-0.1, -0.05) is 33.6 Å². The van der Waals surface area contributed by atoms with Crippen LogP contribution >= 0.6 is 27.5 Å². The Morgan fingerprint density at radius 2 is 2.07 bits per heavy atom. The summed E-state index contributed by atoms with van der Waals surface area (Å²) in [4.78, 5) is 8.21. The highest BCUT2D eigenvalue weighted by atomic mass is 79.9. The molecule has 0 atom stereocenters. The zero-order valence-corrected chi connectivity index (χ0v) is 9.46. The van der Waals surface area contributed by atoms with Crippen molar-refractivity contribution < 1.29 is 0 Å². The average Bonchev–Trinajstić information content (AvgIpc) is 2.19. The maximum Gasteiger partial charge on any atom is 0.0896 e. The van der Waals surface area contributed by atoms with E-state index in [0.29, 0.717) is 5.02 Å². The van der Waals surface area contributed by atoms with Gasteiger partial charge >= 0.3 is 0 Å². The fourth-order valence-corrected chi connectivity index (χ4v) is 2.02. The lowest BCUT2D eigenvalue weighted by Crippen LogP contribution is -1.85. The van der Waals surface area contributed by atoms with Gasteiger partial charge in [-0.15, -0.1) is 0 Å². The second kappa shape index (κ2) is 4.07. The summed E-state index contributed by atoms with van der Waals surface area (Å²) in [5.41, 5.74) is 1.82. The molecule has 2 nitrogen and oxygen atoms in total. The van der Waals surface area contributed by atoms with Crippen molar-refractivity contribution >= 4 is 27.5 Å². The molecular formula is C10H6BrClN2. The van der Waals surface area contributed by atoms with E-state index in [9.17, 15) is 0 Å². The Hall–Kier alpha value is -0.930. The Morgan fingerprint density at radius 1 is 1.21 bits per heavy atom. The first-order chi connectivity index (χ1) is 6.77. The minimum atomic E-state index is 0.699. The first kappa shape index (κ1) is 9.62. The highest BCUT2D eigenvalue weighted by Crippen LogP contribution is 2.28. The van der Waals surface area contributed by atoms with Gasteiger partial charge in [-0.2, -0.15) is 0 Å². The van der Waals surface area contributed by atoms with Crippen LogP contribution in [0.15, 0.2) is 41.3 Å². The molecule has 1 heterocycles. The van der Waals surface area contributed by atoms with Crippen LogP contribution in [0.5, 0.6) is 0 Å². The van der Waals surface area contributed by atoms with Crippen LogP contribution in [0.25, 0.3) is 11.3 Å². The van der Waals surface area contributed by atoms with E-state index in [-0.39, 0.29) is 0 Å². The predicted molar refractivity (Wildman–Crippen MR) is 60.2 cm³/mol. The third kappa shape index (κ3) is 1.94. The quantitative estimate of drug-likeness (QED) is 0.791. The van der Waals surface area contributed by atoms with E-state index in [1.54, 1.807) is 18.6 Å². The van der Waals surface area contributed by atoms with Crippen molar-refractivity contribution in [2.75, 3.05) is 0 Å². The second-order valence-electron chi connectivity index (χ2n) is 2.71. The molecule has 14 heavy (non-hydrogen) atoms. The van der Waals surface area contributed by atoms with E-state index in [4.69, 9.17) is 11.6 Å². The number of aromatic nitrogens is 2. The Balaban J connectivity index is 2.53. The van der Waals surface area contributed by atoms with Crippen LogP contribution in [0.4, 0.5) is 0 Å². The molecule has 0 spiro atoms. The van der Waals surface area contributed by atoms with Crippen LogP contribution < -0.4 is 0 Å². The summed E-state index contributed by atoms with van der Waals surface area (Å²) in [6, 6.07) is 5.58. The second-order valence-corrected chi connectivity index (χ2v) is 4.01. The van der Waals surface area contributed by atoms with Gasteiger partial charge in [-0.05, 0) is 12.1 Å². The van der Waals surface area contributed by atoms with Crippen LogP contribution in [-0.2, 0) is 0 Å². The van der Waals surface area contributed by atoms with Gasteiger partial charge in [0.2, 0.25) is 0 Å². The molecular weight excluding hydrogens is 263 g/mol. The zero-order chi connectivity index (χ0) is 9.97. The van der Waals surface area contributed by atoms with E-state index in [1.807, 2.05) is 18.2 Å². The Morgan fingerprint density at radius 3 is 2.71 bits per heavy atom. The van der Waals surface area contributed by atoms with E-state index in [2.05, 4.69) is 25.9 Å². The van der Waals surface area contributed by atoms with Gasteiger partial charge in [-0.3, -0.25) is 9.97 Å². The first-order valence-electron chi connectivity index (χ1n) is 3.99. The third-order valence-corrected chi connectivity index (χ3v) is 2.66. The lowest BCUT2D eigenvalue weighted by Gasteiger charge is -2.02. The van der Waals surface area contributed by atoms with Gasteiger partial charge in [0.15, 0.2) is 0 Å². The standard InChI is InChI=1S/C10H6BrClN2/c11-9-5-7(12)1-2-8(9)10-6-13-3-4-14-10/h1-6H. The fourth-order valence-electron chi connectivity index (χ4n) is 1.14. The largest absolute Gasteiger partial charge is 0.261 e. The van der Waals surface area contributed by atoms with Crippen molar-refractivity contribution in [2.24, 2.45) is 0 Å². The van der Waals surface area contributed by atoms with Gasteiger partial charge in [0, 0.05) is 27.5 Å². The third-order valence-electron chi connectivity index (χ3n) is 1.77. The van der Waals surface area contributed by atoms with Gasteiger partial charge in [0.05, 0.1) is 11.9 Å². The highest BCUT2D eigenvalue weighted by Gasteiger charge is 2.04. The number of rotatable bonds is 1. The normalized spacial score (nSPS) is 10.1. The maximum absolute atomic E-state index is 5.84. The summed E-state index contributed by atoms with van der Waals surface area (Å²) >= 11 is 9.27. The van der Waals surface area contributed by atoms with E-state index in [0.717, 1.165) is 15.7 Å². The SMILES string of the molecule is Clc1ccc(-c2cnccn2)c(Br)c1. The Bertz CT molecular complexity index is 445. The topological polar surface area (TPSA) is 25.8 Å². The molecule has 0 radical (unpaired) electrons. The lowest BCUT2D eigenvalue weighted by molar-refractivity contribution is 1.20. The van der Waals surface area contributed by atoms with Crippen molar-refractivity contribution in [1.82, 2.24) is 9.97 Å². The van der Waals surface area contributed by atoms with E-state index < -0.39 is 0 Å². The molecule has 0 N–H and O–H groups in total. The Kier molecular flexibility index (Phi) is 2.79. The fraction of sp³-hybridized carbons (Fsp3) is 0. The molecule has 2 aromatic rings. The molecule has 0 aliphatic rings. The van der Waals surface area contributed by atoms with Crippen molar-refractivity contribution in [3.05, 3.63) is 46.3 Å². The summed E-state index contributed by atoms with van der Waals surface area (Å²) < 4.78 is 0.922. The predicted octanol–water partition coefficient (Wildman–Crippen LogP) is 3.56. The number of hydrogen-bond donors (Lipinski definition) is 0. The van der Waals surface area contributed by atoms with E-state index >= 15 is 0 Å². The summed E-state index contributed by atoms with van der Waals surface area (Å²) in [6.45, 7) is 0. The maximum atomic E-state index is 5.84. The van der Waals surface area contributed by atoms with Crippen LogP contribution in [-0.4, -0.2) is 9.97 Å². The van der Waals surface area contributed by atoms with Crippen LogP contribution in [0.2, 0.25) is 5.02 Å². The van der Waals surface area contributed by atoms with Crippen LogP contribution in [0, 0.1) is 0 Å². The summed E-state index contributed by atoms with van der Waals surface area (Å²) in [5, 5.41) is 0.699. The molecule has 0 saturated carbocycles. The van der Waals surface area contributed by atoms with Crippen molar-refractivity contribution in [3.63, 3.8) is 0 Å². The number of hydrogen-bond acceptors (Lipinski definition) is 2. The number of benzene rings is 1. The summed E-state index contributed by atoms with van der Waals surface area (Å²) in [5.74, 6) is 0. The molecule has 0 amide bonds. The smallest absolute Gasteiger partial charge is 0.0896 e. The van der Waals surface area contributed by atoms with Crippen molar-refractivity contribution in [1.29, 1.82) is 0 Å². The van der Waals surface area contributed by atoms with Crippen LogP contribution in [0.1, 0.15) is 0 Å². The number of halogens is 2. The van der Waals surface area contributed by atoms with Crippen molar-refractivity contribution in [3.8, 4) is 11.3 Å². The molecule has 0 fully saturated rings.